The van der Waals surface area contributed by atoms with E-state index in [9.17, 15) is 4.79 Å². The van der Waals surface area contributed by atoms with Crippen molar-refractivity contribution in [2.45, 2.75) is 18.8 Å². The minimum atomic E-state index is 0.0511. The number of likely N-dealkylation sites (tertiary alicyclic amines) is 1. The summed E-state index contributed by atoms with van der Waals surface area (Å²) < 4.78 is 6.44. The summed E-state index contributed by atoms with van der Waals surface area (Å²) in [5, 5.41) is 6.08. The molecule has 4 rings (SSSR count). The van der Waals surface area contributed by atoms with Gasteiger partial charge in [0.05, 0.1) is 10.8 Å². The van der Waals surface area contributed by atoms with Crippen molar-refractivity contribution in [3.05, 3.63) is 57.7 Å². The zero-order valence-electron chi connectivity index (χ0n) is 13.4. The van der Waals surface area contributed by atoms with Crippen LogP contribution in [0.5, 0.6) is 0 Å². The van der Waals surface area contributed by atoms with E-state index in [2.05, 4.69) is 26.1 Å². The Morgan fingerprint density at radius 3 is 2.88 bits per heavy atom. The van der Waals surface area contributed by atoms with E-state index in [1.54, 1.807) is 11.3 Å². The molecule has 0 unspecified atom stereocenters. The number of benzene rings is 1. The van der Waals surface area contributed by atoms with E-state index in [4.69, 9.17) is 4.52 Å². The van der Waals surface area contributed by atoms with E-state index < -0.39 is 0 Å². The van der Waals surface area contributed by atoms with Crippen molar-refractivity contribution in [1.29, 1.82) is 0 Å². The van der Waals surface area contributed by atoms with Crippen LogP contribution in [-0.4, -0.2) is 34.0 Å². The molecule has 0 spiro atoms. The Balaban J connectivity index is 1.49. The van der Waals surface area contributed by atoms with Gasteiger partial charge in [0.2, 0.25) is 11.7 Å². The fourth-order valence-corrected chi connectivity index (χ4v) is 3.96. The van der Waals surface area contributed by atoms with Gasteiger partial charge in [-0.3, -0.25) is 4.79 Å². The van der Waals surface area contributed by atoms with E-state index >= 15 is 0 Å². The highest BCUT2D eigenvalue weighted by atomic mass is 79.9. The lowest BCUT2D eigenvalue weighted by Crippen LogP contribution is -2.39. The number of hydrogen-bond acceptors (Lipinski definition) is 5. The molecule has 1 saturated heterocycles. The maximum absolute atomic E-state index is 12.7. The second-order valence-corrected chi connectivity index (χ2v) is 7.89. The van der Waals surface area contributed by atoms with Crippen molar-refractivity contribution in [2.24, 2.45) is 0 Å². The Bertz CT molecular complexity index is 861. The normalized spacial score (nSPS) is 17.6. The number of amides is 1. The second kappa shape index (κ2) is 7.09. The number of nitrogens with zero attached hydrogens (tertiary/aromatic N) is 3. The fraction of sp³-hybridized carbons (Fsp3) is 0.278. The number of thiophene rings is 1. The first-order chi connectivity index (χ1) is 12.2. The highest BCUT2D eigenvalue weighted by Gasteiger charge is 2.29. The maximum Gasteiger partial charge on any atom is 0.253 e. The Hall–Kier alpha value is -1.99. The van der Waals surface area contributed by atoms with Gasteiger partial charge < -0.3 is 9.42 Å². The molecule has 1 aliphatic rings. The van der Waals surface area contributed by atoms with Gasteiger partial charge in [0.25, 0.3) is 5.91 Å². The number of aromatic nitrogens is 2. The zero-order chi connectivity index (χ0) is 17.2. The Morgan fingerprint density at radius 2 is 2.12 bits per heavy atom. The number of carbonyl (C=O) groups is 1. The van der Waals surface area contributed by atoms with Crippen LogP contribution in [0.15, 0.2) is 50.8 Å². The van der Waals surface area contributed by atoms with Crippen molar-refractivity contribution in [3.8, 4) is 10.7 Å². The smallest absolute Gasteiger partial charge is 0.253 e. The molecule has 128 valence electrons. The van der Waals surface area contributed by atoms with Crippen LogP contribution in [0.1, 0.15) is 35.0 Å². The van der Waals surface area contributed by atoms with E-state index in [1.807, 2.05) is 46.7 Å². The molecule has 5 nitrogen and oxygen atoms in total. The topological polar surface area (TPSA) is 59.2 Å². The molecule has 3 heterocycles. The van der Waals surface area contributed by atoms with Gasteiger partial charge in [0.1, 0.15) is 0 Å². The molecule has 7 heteroatoms. The summed E-state index contributed by atoms with van der Waals surface area (Å²) in [6.07, 6.45) is 1.89. The molecule has 0 aliphatic carbocycles. The van der Waals surface area contributed by atoms with Crippen LogP contribution in [-0.2, 0) is 0 Å². The summed E-state index contributed by atoms with van der Waals surface area (Å²) >= 11 is 4.98. The van der Waals surface area contributed by atoms with Crippen LogP contribution in [0.2, 0.25) is 0 Å². The largest absolute Gasteiger partial charge is 0.339 e. The van der Waals surface area contributed by atoms with Crippen LogP contribution in [0, 0.1) is 0 Å². The number of rotatable bonds is 3. The van der Waals surface area contributed by atoms with Gasteiger partial charge in [0, 0.05) is 23.1 Å². The Labute approximate surface area is 157 Å². The van der Waals surface area contributed by atoms with Crippen LogP contribution >= 0.6 is 27.3 Å². The molecule has 0 N–H and O–H groups in total. The molecular formula is C18H16BrN3O2S. The molecule has 1 aromatic carbocycles. The molecule has 1 fully saturated rings. The quantitative estimate of drug-likeness (QED) is 0.625. The summed E-state index contributed by atoms with van der Waals surface area (Å²) in [5.74, 6) is 1.39. The summed E-state index contributed by atoms with van der Waals surface area (Å²) in [5.41, 5.74) is 0.702. The standard InChI is InChI=1S/C18H16BrN3O2S/c19-14-7-5-12(6-8-14)18(23)22-9-1-3-13(11-22)17-20-16(21-24-17)15-4-2-10-25-15/h2,4-8,10,13H,1,3,9,11H2/t13-/m0/s1. The lowest BCUT2D eigenvalue weighted by molar-refractivity contribution is 0.0695. The van der Waals surface area contributed by atoms with Crippen molar-refractivity contribution in [3.63, 3.8) is 0 Å². The van der Waals surface area contributed by atoms with E-state index in [0.29, 0.717) is 23.8 Å². The van der Waals surface area contributed by atoms with Gasteiger partial charge >= 0.3 is 0 Å². The molecule has 1 aliphatic heterocycles. The van der Waals surface area contributed by atoms with Gasteiger partial charge in [-0.05, 0) is 48.6 Å². The van der Waals surface area contributed by atoms with Crippen molar-refractivity contribution in [2.75, 3.05) is 13.1 Å². The fourth-order valence-electron chi connectivity index (χ4n) is 3.05. The minimum Gasteiger partial charge on any atom is -0.339 e. The van der Waals surface area contributed by atoms with Crippen molar-refractivity contribution in [1.82, 2.24) is 15.0 Å². The SMILES string of the molecule is O=C(c1ccc(Br)cc1)N1CCC[C@H](c2nc(-c3cccs3)no2)C1. The molecule has 3 aromatic rings. The predicted molar refractivity (Wildman–Crippen MR) is 99.6 cm³/mol. The van der Waals surface area contributed by atoms with Crippen LogP contribution in [0.25, 0.3) is 10.7 Å². The molecule has 0 saturated carbocycles. The average Bonchev–Trinajstić information content (AvgIpc) is 3.33. The van der Waals surface area contributed by atoms with E-state index in [1.165, 1.54) is 0 Å². The molecule has 2 aromatic heterocycles. The Kier molecular flexibility index (Phi) is 4.67. The maximum atomic E-state index is 12.7. The zero-order valence-corrected chi connectivity index (χ0v) is 15.8. The van der Waals surface area contributed by atoms with Gasteiger partial charge in [-0.15, -0.1) is 11.3 Å². The first-order valence-electron chi connectivity index (χ1n) is 8.13. The first-order valence-corrected chi connectivity index (χ1v) is 9.80. The molecule has 0 bridgehead atoms. The predicted octanol–water partition coefficient (Wildman–Crippen LogP) is 4.58. The molecule has 1 atom stereocenters. The highest BCUT2D eigenvalue weighted by molar-refractivity contribution is 9.10. The van der Waals surface area contributed by atoms with Crippen molar-refractivity contribution >= 4 is 33.2 Å². The van der Waals surface area contributed by atoms with Crippen LogP contribution in [0.4, 0.5) is 0 Å². The lowest BCUT2D eigenvalue weighted by atomic mass is 9.97. The Morgan fingerprint density at radius 1 is 1.28 bits per heavy atom. The second-order valence-electron chi connectivity index (χ2n) is 6.03. The third-order valence-electron chi connectivity index (χ3n) is 4.33. The highest BCUT2D eigenvalue weighted by Crippen LogP contribution is 2.29. The molecular weight excluding hydrogens is 402 g/mol. The van der Waals surface area contributed by atoms with E-state index in [0.717, 1.165) is 28.7 Å². The van der Waals surface area contributed by atoms with Gasteiger partial charge in [-0.25, -0.2) is 0 Å². The van der Waals surface area contributed by atoms with E-state index in [-0.39, 0.29) is 11.8 Å². The lowest BCUT2D eigenvalue weighted by Gasteiger charge is -2.31. The average molecular weight is 418 g/mol. The van der Waals surface area contributed by atoms with Crippen molar-refractivity contribution < 1.29 is 9.32 Å². The summed E-state index contributed by atoms with van der Waals surface area (Å²) in [4.78, 5) is 20.1. The first kappa shape index (κ1) is 16.5. The molecule has 1 amide bonds. The van der Waals surface area contributed by atoms with Crippen LogP contribution in [0.3, 0.4) is 0 Å². The van der Waals surface area contributed by atoms with Crippen LogP contribution < -0.4 is 0 Å². The van der Waals surface area contributed by atoms with Gasteiger partial charge in [-0.2, -0.15) is 4.98 Å². The number of hydrogen-bond donors (Lipinski definition) is 0. The molecule has 25 heavy (non-hydrogen) atoms. The minimum absolute atomic E-state index is 0.0511. The summed E-state index contributed by atoms with van der Waals surface area (Å²) in [6.45, 7) is 1.37. The number of halogens is 1. The third kappa shape index (κ3) is 3.52. The summed E-state index contributed by atoms with van der Waals surface area (Å²) in [7, 11) is 0. The summed E-state index contributed by atoms with van der Waals surface area (Å²) in [6, 6.07) is 11.4. The van der Waals surface area contributed by atoms with Gasteiger partial charge in [0.15, 0.2) is 0 Å². The number of piperidine rings is 1. The monoisotopic (exact) mass is 417 g/mol. The molecule has 0 radical (unpaired) electrons. The number of carbonyl (C=O) groups excluding carboxylic acids is 1. The van der Waals surface area contributed by atoms with Gasteiger partial charge in [-0.1, -0.05) is 27.2 Å². The third-order valence-corrected chi connectivity index (χ3v) is 5.73.